The third-order valence-corrected chi connectivity index (χ3v) is 5.15. The molecule has 0 atom stereocenters. The number of anilines is 2. The number of azo groups is 1. The summed E-state index contributed by atoms with van der Waals surface area (Å²) in [5.74, 6) is 0.649. The van der Waals surface area contributed by atoms with Crippen molar-refractivity contribution < 1.29 is 17.2 Å². The highest BCUT2D eigenvalue weighted by atomic mass is 32.3. The maximum Gasteiger partial charge on any atom is 0.397 e. The van der Waals surface area contributed by atoms with Crippen molar-refractivity contribution >= 4 is 33.4 Å². The van der Waals surface area contributed by atoms with Crippen LogP contribution >= 0.6 is 0 Å². The van der Waals surface area contributed by atoms with E-state index in [9.17, 15) is 8.42 Å². The molecule has 0 aliphatic rings. The van der Waals surface area contributed by atoms with Crippen molar-refractivity contribution in [2.45, 2.75) is 71.1 Å². The lowest BCUT2D eigenvalue weighted by molar-refractivity contribution is 0.261. The summed E-state index contributed by atoms with van der Waals surface area (Å²) >= 11 is 0. The lowest BCUT2D eigenvalue weighted by Crippen LogP contribution is -2.04. The Morgan fingerprint density at radius 1 is 0.848 bits per heavy atom. The molecule has 2 rings (SSSR count). The number of pyridine rings is 1. The summed E-state index contributed by atoms with van der Waals surface area (Å²) in [6.07, 6.45) is 11.9. The van der Waals surface area contributed by atoms with E-state index in [1.165, 1.54) is 44.9 Å². The molecule has 2 aromatic rings. The molecule has 0 unspecified atom stereocenters. The van der Waals surface area contributed by atoms with E-state index in [1.54, 1.807) is 12.1 Å². The topological polar surface area (TPSA) is 153 Å². The van der Waals surface area contributed by atoms with Crippen LogP contribution in [0.1, 0.15) is 71.1 Å². The van der Waals surface area contributed by atoms with Crippen LogP contribution in [0.5, 0.6) is 0 Å². The number of nitrogens with two attached hydrogens (primary N) is 2. The lowest BCUT2D eigenvalue weighted by atomic mass is 10.1. The molecular weight excluding hydrogens is 442 g/mol. The Balaban J connectivity index is 0.000000330. The first-order valence-electron chi connectivity index (χ1n) is 11.4. The van der Waals surface area contributed by atoms with Crippen LogP contribution in [0.4, 0.5) is 23.0 Å². The van der Waals surface area contributed by atoms with Crippen LogP contribution < -0.4 is 11.5 Å². The van der Waals surface area contributed by atoms with Crippen molar-refractivity contribution in [2.24, 2.45) is 10.2 Å². The molecule has 0 bridgehead atoms. The summed E-state index contributed by atoms with van der Waals surface area (Å²) in [7, 11) is -4.23. The Labute approximate surface area is 197 Å². The van der Waals surface area contributed by atoms with Gasteiger partial charge in [0.1, 0.15) is 11.5 Å². The minimum atomic E-state index is -4.23. The Morgan fingerprint density at radius 3 is 1.97 bits per heavy atom. The van der Waals surface area contributed by atoms with Gasteiger partial charge in [-0.25, -0.2) is 9.17 Å². The number of hydrogen-bond donors (Lipinski definition) is 3. The van der Waals surface area contributed by atoms with Gasteiger partial charge in [-0.15, -0.1) is 5.11 Å². The molecule has 33 heavy (non-hydrogen) atoms. The Morgan fingerprint density at radius 2 is 1.42 bits per heavy atom. The molecule has 5 N–H and O–H groups in total. The number of unbranched alkanes of at least 4 members (excludes halogenated alkanes) is 9. The molecule has 0 spiro atoms. The molecule has 1 aromatic heterocycles. The number of nitrogens with zero attached hydrogens (tertiary/aromatic N) is 3. The normalized spacial score (nSPS) is 11.3. The van der Waals surface area contributed by atoms with E-state index in [0.717, 1.165) is 18.5 Å². The fraction of sp³-hybridized carbons (Fsp3) is 0.522. The van der Waals surface area contributed by atoms with E-state index in [1.807, 2.05) is 30.3 Å². The first kappa shape index (κ1) is 28.5. The van der Waals surface area contributed by atoms with Gasteiger partial charge in [0.25, 0.3) is 0 Å². The van der Waals surface area contributed by atoms with E-state index in [0.29, 0.717) is 17.9 Å². The molecule has 0 fully saturated rings. The summed E-state index contributed by atoms with van der Waals surface area (Å²) in [5.41, 5.74) is 12.4. The molecule has 0 amide bonds. The first-order chi connectivity index (χ1) is 15.8. The summed E-state index contributed by atoms with van der Waals surface area (Å²) < 4.78 is 33.0. The van der Waals surface area contributed by atoms with Crippen molar-refractivity contribution in [1.29, 1.82) is 0 Å². The van der Waals surface area contributed by atoms with Crippen LogP contribution in [0.25, 0.3) is 0 Å². The molecule has 10 heteroatoms. The minimum Gasteiger partial charge on any atom is -0.384 e. The molecule has 1 heterocycles. The predicted octanol–water partition coefficient (Wildman–Crippen LogP) is 6.39. The standard InChI is InChI=1S/C12H26O4S.C11H11N5/c1-2-3-4-5-6-7-8-9-10-11-12-16-17(13,14)15;12-10-7-6-9(11(13)14-10)16-15-8-4-2-1-3-5-8/h2-12H2,1H3,(H,13,14,15);1-7H,(H4,12,13,14). The zero-order valence-electron chi connectivity index (χ0n) is 19.4. The highest BCUT2D eigenvalue weighted by Gasteiger charge is 2.02. The largest absolute Gasteiger partial charge is 0.397 e. The summed E-state index contributed by atoms with van der Waals surface area (Å²) in [4.78, 5) is 3.89. The van der Waals surface area contributed by atoms with Gasteiger partial charge >= 0.3 is 10.4 Å². The van der Waals surface area contributed by atoms with Crippen molar-refractivity contribution in [3.63, 3.8) is 0 Å². The van der Waals surface area contributed by atoms with Gasteiger partial charge < -0.3 is 11.5 Å². The van der Waals surface area contributed by atoms with Gasteiger partial charge in [-0.3, -0.25) is 4.55 Å². The Bertz CT molecular complexity index is 908. The summed E-state index contributed by atoms with van der Waals surface area (Å²) in [5, 5.41) is 8.03. The van der Waals surface area contributed by atoms with E-state index in [4.69, 9.17) is 16.0 Å². The fourth-order valence-corrected chi connectivity index (χ4v) is 3.26. The van der Waals surface area contributed by atoms with Crippen LogP contribution in [0, 0.1) is 0 Å². The average Bonchev–Trinajstić information content (AvgIpc) is 2.77. The summed E-state index contributed by atoms with van der Waals surface area (Å²) in [6, 6.07) is 12.7. The van der Waals surface area contributed by atoms with Gasteiger partial charge in [0.05, 0.1) is 12.3 Å². The van der Waals surface area contributed by atoms with Crippen LogP contribution in [-0.2, 0) is 14.6 Å². The molecule has 0 aliphatic carbocycles. The van der Waals surface area contributed by atoms with Gasteiger partial charge in [-0.05, 0) is 30.7 Å². The van der Waals surface area contributed by atoms with Gasteiger partial charge in [0.15, 0.2) is 5.82 Å². The Kier molecular flexibility index (Phi) is 14.7. The maximum atomic E-state index is 10.2. The highest BCUT2D eigenvalue weighted by Crippen LogP contribution is 2.23. The minimum absolute atomic E-state index is 0.0926. The van der Waals surface area contributed by atoms with Crippen LogP contribution in [-0.4, -0.2) is 24.6 Å². The van der Waals surface area contributed by atoms with Crippen molar-refractivity contribution in [1.82, 2.24) is 4.98 Å². The number of nitrogen functional groups attached to an aromatic ring is 2. The maximum absolute atomic E-state index is 10.2. The third-order valence-electron chi connectivity index (χ3n) is 4.68. The van der Waals surface area contributed by atoms with E-state index >= 15 is 0 Å². The lowest BCUT2D eigenvalue weighted by Gasteiger charge is -2.02. The SMILES string of the molecule is CCCCCCCCCCCCOS(=O)(=O)O.Nc1ccc(N=Nc2ccccc2)c(N)n1. The van der Waals surface area contributed by atoms with Crippen molar-refractivity contribution in [2.75, 3.05) is 18.1 Å². The molecule has 0 aliphatic heterocycles. The molecule has 184 valence electrons. The smallest absolute Gasteiger partial charge is 0.384 e. The van der Waals surface area contributed by atoms with Crippen LogP contribution in [0.2, 0.25) is 0 Å². The Hall–Kier alpha value is -2.56. The second-order valence-corrected chi connectivity index (χ2v) is 8.70. The van der Waals surface area contributed by atoms with E-state index < -0.39 is 10.4 Å². The molecule has 0 radical (unpaired) electrons. The zero-order chi connectivity index (χ0) is 24.4. The second-order valence-electron chi connectivity index (χ2n) is 7.61. The molecular formula is C23H37N5O4S. The summed E-state index contributed by atoms with van der Waals surface area (Å²) in [6.45, 7) is 2.31. The highest BCUT2D eigenvalue weighted by molar-refractivity contribution is 7.80. The van der Waals surface area contributed by atoms with E-state index in [-0.39, 0.29) is 12.4 Å². The van der Waals surface area contributed by atoms with Gasteiger partial charge in [0.2, 0.25) is 0 Å². The van der Waals surface area contributed by atoms with Gasteiger partial charge in [-0.2, -0.15) is 13.5 Å². The number of aromatic nitrogens is 1. The average molecular weight is 480 g/mol. The molecule has 0 saturated heterocycles. The van der Waals surface area contributed by atoms with Crippen molar-refractivity contribution in [3.05, 3.63) is 42.5 Å². The zero-order valence-corrected chi connectivity index (χ0v) is 20.2. The number of hydrogen-bond acceptors (Lipinski definition) is 8. The van der Waals surface area contributed by atoms with Crippen LogP contribution in [0.3, 0.4) is 0 Å². The van der Waals surface area contributed by atoms with Crippen LogP contribution in [0.15, 0.2) is 52.7 Å². The monoisotopic (exact) mass is 479 g/mol. The molecule has 9 nitrogen and oxygen atoms in total. The van der Waals surface area contributed by atoms with Gasteiger partial charge in [-0.1, -0.05) is 82.9 Å². The fourth-order valence-electron chi connectivity index (χ4n) is 2.93. The second kappa shape index (κ2) is 17.0. The third kappa shape index (κ3) is 15.8. The molecule has 0 saturated carbocycles. The molecule has 1 aromatic carbocycles. The predicted molar refractivity (Wildman–Crippen MR) is 133 cm³/mol. The first-order valence-corrected chi connectivity index (χ1v) is 12.8. The van der Waals surface area contributed by atoms with Gasteiger partial charge in [0, 0.05) is 0 Å². The quantitative estimate of drug-likeness (QED) is 0.161. The van der Waals surface area contributed by atoms with E-state index in [2.05, 4.69) is 26.3 Å². The number of rotatable bonds is 14. The van der Waals surface area contributed by atoms with Crippen molar-refractivity contribution in [3.8, 4) is 0 Å². The number of benzene rings is 1.